The van der Waals surface area contributed by atoms with E-state index in [9.17, 15) is 4.79 Å². The Morgan fingerprint density at radius 3 is 2.83 bits per heavy atom. The SMILES string of the molecule is C=CCn1c(SCC(=O)Nc2nnc(CC)s2)nnc1-c1ccccc1OCC. The van der Waals surface area contributed by atoms with Gasteiger partial charge >= 0.3 is 0 Å². The number of ether oxygens (including phenoxy) is 1. The minimum Gasteiger partial charge on any atom is -0.493 e. The van der Waals surface area contributed by atoms with E-state index in [-0.39, 0.29) is 11.7 Å². The molecule has 0 saturated heterocycles. The molecule has 2 aromatic heterocycles. The first-order valence-corrected chi connectivity index (χ1v) is 11.0. The second-order valence-electron chi connectivity index (χ2n) is 5.83. The summed E-state index contributed by atoms with van der Waals surface area (Å²) in [5.74, 6) is 1.43. The topological polar surface area (TPSA) is 94.8 Å². The molecule has 3 aromatic rings. The molecule has 0 spiro atoms. The van der Waals surface area contributed by atoms with Crippen LogP contribution in [-0.4, -0.2) is 43.2 Å². The van der Waals surface area contributed by atoms with Gasteiger partial charge in [-0.3, -0.25) is 14.7 Å². The monoisotopic (exact) mass is 430 g/mol. The second kappa shape index (κ2) is 10.2. The number of anilines is 1. The number of aryl methyl sites for hydroxylation is 1. The van der Waals surface area contributed by atoms with Crippen LogP contribution in [0.25, 0.3) is 11.4 Å². The lowest BCUT2D eigenvalue weighted by Crippen LogP contribution is -2.14. The van der Waals surface area contributed by atoms with E-state index < -0.39 is 0 Å². The highest BCUT2D eigenvalue weighted by atomic mass is 32.2. The van der Waals surface area contributed by atoms with Crippen molar-refractivity contribution in [3.05, 3.63) is 41.9 Å². The molecule has 0 aliphatic heterocycles. The molecule has 10 heteroatoms. The first-order chi connectivity index (χ1) is 14.2. The summed E-state index contributed by atoms with van der Waals surface area (Å²) in [6, 6.07) is 7.69. The third kappa shape index (κ3) is 5.21. The smallest absolute Gasteiger partial charge is 0.236 e. The molecule has 0 aliphatic rings. The van der Waals surface area contributed by atoms with Crippen molar-refractivity contribution in [3.8, 4) is 17.1 Å². The number of thioether (sulfide) groups is 1. The van der Waals surface area contributed by atoms with Crippen molar-refractivity contribution in [1.82, 2.24) is 25.0 Å². The van der Waals surface area contributed by atoms with Gasteiger partial charge in [-0.1, -0.05) is 48.2 Å². The average molecular weight is 431 g/mol. The van der Waals surface area contributed by atoms with Crippen LogP contribution in [0.5, 0.6) is 5.75 Å². The van der Waals surface area contributed by atoms with Crippen molar-refractivity contribution in [2.45, 2.75) is 32.0 Å². The van der Waals surface area contributed by atoms with Gasteiger partial charge in [0.15, 0.2) is 11.0 Å². The Kier molecular flexibility index (Phi) is 7.36. The van der Waals surface area contributed by atoms with E-state index in [1.165, 1.54) is 23.1 Å². The molecule has 1 aromatic carbocycles. The number of nitrogens with zero attached hydrogens (tertiary/aromatic N) is 5. The number of hydrogen-bond acceptors (Lipinski definition) is 8. The van der Waals surface area contributed by atoms with Crippen LogP contribution in [-0.2, 0) is 17.8 Å². The number of rotatable bonds is 10. The number of nitrogens with one attached hydrogen (secondary N) is 1. The summed E-state index contributed by atoms with van der Waals surface area (Å²) in [5, 5.41) is 21.4. The molecular formula is C19H22N6O2S2. The molecule has 8 nitrogen and oxygen atoms in total. The molecule has 0 bridgehead atoms. The zero-order valence-electron chi connectivity index (χ0n) is 16.3. The molecule has 0 radical (unpaired) electrons. The highest BCUT2D eigenvalue weighted by Gasteiger charge is 2.18. The third-order valence-electron chi connectivity index (χ3n) is 3.80. The van der Waals surface area contributed by atoms with Crippen molar-refractivity contribution in [2.75, 3.05) is 17.7 Å². The molecule has 152 valence electrons. The quantitative estimate of drug-likeness (QED) is 0.387. The summed E-state index contributed by atoms with van der Waals surface area (Å²) in [4.78, 5) is 12.3. The predicted molar refractivity (Wildman–Crippen MR) is 115 cm³/mol. The molecule has 0 unspecified atom stereocenters. The summed E-state index contributed by atoms with van der Waals surface area (Å²) in [5.41, 5.74) is 0.848. The molecule has 1 N–H and O–H groups in total. The van der Waals surface area contributed by atoms with Crippen molar-refractivity contribution < 1.29 is 9.53 Å². The highest BCUT2D eigenvalue weighted by Crippen LogP contribution is 2.31. The predicted octanol–water partition coefficient (Wildman–Crippen LogP) is 3.67. The van der Waals surface area contributed by atoms with Crippen LogP contribution in [0, 0.1) is 0 Å². The van der Waals surface area contributed by atoms with Crippen LogP contribution in [0.3, 0.4) is 0 Å². The van der Waals surface area contributed by atoms with Crippen molar-refractivity contribution in [2.24, 2.45) is 0 Å². The van der Waals surface area contributed by atoms with E-state index in [0.29, 0.717) is 29.3 Å². The normalized spacial score (nSPS) is 10.7. The van der Waals surface area contributed by atoms with Gasteiger partial charge in [-0.25, -0.2) is 0 Å². The molecule has 0 aliphatic carbocycles. The van der Waals surface area contributed by atoms with Crippen LogP contribution < -0.4 is 10.1 Å². The Morgan fingerprint density at radius 2 is 2.10 bits per heavy atom. The number of aromatic nitrogens is 5. The first-order valence-electron chi connectivity index (χ1n) is 9.17. The van der Waals surface area contributed by atoms with Gasteiger partial charge in [0.25, 0.3) is 0 Å². The number of hydrogen-bond donors (Lipinski definition) is 1. The Bertz CT molecular complexity index is 985. The van der Waals surface area contributed by atoms with Gasteiger partial charge in [0.1, 0.15) is 10.8 Å². The van der Waals surface area contributed by atoms with E-state index in [1.54, 1.807) is 6.08 Å². The third-order valence-corrected chi connectivity index (χ3v) is 5.75. The van der Waals surface area contributed by atoms with Gasteiger partial charge in [-0.15, -0.1) is 27.0 Å². The van der Waals surface area contributed by atoms with E-state index in [1.807, 2.05) is 42.7 Å². The van der Waals surface area contributed by atoms with Crippen LogP contribution in [0.1, 0.15) is 18.9 Å². The standard InChI is InChI=1S/C19H22N6O2S2/c1-4-11-25-17(13-9-7-8-10-14(13)27-6-3)22-24-19(25)28-12-15(26)20-18-23-21-16(5-2)29-18/h4,7-10H,1,5-6,11-12H2,2-3H3,(H,20,23,26). The zero-order valence-corrected chi connectivity index (χ0v) is 17.9. The molecule has 1 amide bonds. The maximum Gasteiger partial charge on any atom is 0.236 e. The second-order valence-corrected chi connectivity index (χ2v) is 7.83. The van der Waals surface area contributed by atoms with Gasteiger partial charge < -0.3 is 4.74 Å². The van der Waals surface area contributed by atoms with Gasteiger partial charge in [0.2, 0.25) is 11.0 Å². The van der Waals surface area contributed by atoms with Crippen molar-refractivity contribution in [3.63, 3.8) is 0 Å². The number of amides is 1. The van der Waals surface area contributed by atoms with E-state index >= 15 is 0 Å². The van der Waals surface area contributed by atoms with Gasteiger partial charge in [0, 0.05) is 6.54 Å². The highest BCUT2D eigenvalue weighted by molar-refractivity contribution is 7.99. The molecule has 29 heavy (non-hydrogen) atoms. The summed E-state index contributed by atoms with van der Waals surface area (Å²) in [6.45, 7) is 8.83. The van der Waals surface area contributed by atoms with E-state index in [4.69, 9.17) is 4.74 Å². The molecule has 0 saturated carbocycles. The minimum absolute atomic E-state index is 0.168. The molecule has 2 heterocycles. The van der Waals surface area contributed by atoms with E-state index in [0.717, 1.165) is 22.7 Å². The maximum absolute atomic E-state index is 12.3. The minimum atomic E-state index is -0.168. The maximum atomic E-state index is 12.3. The van der Waals surface area contributed by atoms with Crippen molar-refractivity contribution in [1.29, 1.82) is 0 Å². The fraction of sp³-hybridized carbons (Fsp3) is 0.316. The largest absolute Gasteiger partial charge is 0.493 e. The fourth-order valence-corrected chi connectivity index (χ4v) is 4.00. The van der Waals surface area contributed by atoms with Crippen LogP contribution >= 0.6 is 23.1 Å². The van der Waals surface area contributed by atoms with Gasteiger partial charge in [-0.05, 0) is 25.5 Å². The molecule has 0 fully saturated rings. The summed E-state index contributed by atoms with van der Waals surface area (Å²) in [7, 11) is 0. The molecule has 0 atom stereocenters. The first kappa shape index (κ1) is 21.0. The van der Waals surface area contributed by atoms with Gasteiger partial charge in [0.05, 0.1) is 17.9 Å². The molecule has 3 rings (SSSR count). The number of carbonyl (C=O) groups excluding carboxylic acids is 1. The number of benzene rings is 1. The van der Waals surface area contributed by atoms with Crippen LogP contribution in [0.2, 0.25) is 0 Å². The van der Waals surface area contributed by atoms with Gasteiger partial charge in [-0.2, -0.15) is 0 Å². The Balaban J connectivity index is 1.75. The lowest BCUT2D eigenvalue weighted by atomic mass is 10.2. The number of allylic oxidation sites excluding steroid dienone is 1. The number of carbonyl (C=O) groups is 1. The average Bonchev–Trinajstić information content (AvgIpc) is 3.34. The number of para-hydroxylation sites is 1. The van der Waals surface area contributed by atoms with Crippen molar-refractivity contribution >= 4 is 34.1 Å². The Morgan fingerprint density at radius 1 is 1.28 bits per heavy atom. The Labute approximate surface area is 177 Å². The van der Waals surface area contributed by atoms with E-state index in [2.05, 4.69) is 32.3 Å². The summed E-state index contributed by atoms with van der Waals surface area (Å²) >= 11 is 2.68. The Hall–Kier alpha value is -2.72. The lowest BCUT2D eigenvalue weighted by Gasteiger charge is -2.11. The van der Waals surface area contributed by atoms with Crippen LogP contribution in [0.15, 0.2) is 42.1 Å². The summed E-state index contributed by atoms with van der Waals surface area (Å²) in [6.07, 6.45) is 2.56. The lowest BCUT2D eigenvalue weighted by molar-refractivity contribution is -0.113. The zero-order chi connectivity index (χ0) is 20.6. The van der Waals surface area contributed by atoms with Crippen LogP contribution in [0.4, 0.5) is 5.13 Å². The summed E-state index contributed by atoms with van der Waals surface area (Å²) < 4.78 is 7.64. The molecular weight excluding hydrogens is 408 g/mol. The fourth-order valence-electron chi connectivity index (χ4n) is 2.55.